The van der Waals surface area contributed by atoms with Gasteiger partial charge < -0.3 is 5.11 Å². The summed E-state index contributed by atoms with van der Waals surface area (Å²) in [7, 11) is 0. The van der Waals surface area contributed by atoms with Gasteiger partial charge in [0.1, 0.15) is 5.75 Å². The minimum absolute atomic E-state index is 0.190. The maximum Gasteiger partial charge on any atom is 0.151 e. The number of aromatic hydroxyl groups is 1. The maximum absolute atomic E-state index is 10.6. The molecule has 0 aliphatic carbocycles. The minimum Gasteiger partial charge on any atom is -0.506 e. The Morgan fingerprint density at radius 1 is 1.50 bits per heavy atom. The van der Waals surface area contributed by atoms with Gasteiger partial charge in [0.05, 0.1) is 10.6 Å². The van der Waals surface area contributed by atoms with E-state index >= 15 is 0 Å². The van der Waals surface area contributed by atoms with Crippen LogP contribution in [0.2, 0.25) is 0 Å². The molecular weight excluding hydrogens is 220 g/mol. The van der Waals surface area contributed by atoms with Gasteiger partial charge in [-0.3, -0.25) is 4.79 Å². The lowest BCUT2D eigenvalue weighted by atomic mass is 10.1. The van der Waals surface area contributed by atoms with Gasteiger partial charge in [-0.05, 0) is 0 Å². The Morgan fingerprint density at radius 2 is 2.29 bits per heavy atom. The van der Waals surface area contributed by atoms with Gasteiger partial charge in [0.2, 0.25) is 0 Å². The third kappa shape index (κ3) is 1.29. The average molecular weight is 227 g/mol. The lowest BCUT2D eigenvalue weighted by Gasteiger charge is -2.01. The van der Waals surface area contributed by atoms with Crippen LogP contribution in [0, 0.1) is 0 Å². The number of rotatable bonds is 2. The van der Waals surface area contributed by atoms with Crippen LogP contribution in [-0.4, -0.2) is 11.4 Å². The highest BCUT2D eigenvalue weighted by atomic mass is 35.5. The first-order valence-electron chi connectivity index (χ1n) is 4.01. The Hall–Kier alpha value is -1.06. The third-order valence-electron chi connectivity index (χ3n) is 2.10. The van der Waals surface area contributed by atoms with E-state index in [1.165, 1.54) is 11.3 Å². The number of aldehydes is 1. The SMILES string of the molecule is O=Cc1csc2c(O)c(CCl)ccc12. The normalized spacial score (nSPS) is 10.6. The first-order chi connectivity index (χ1) is 6.77. The van der Waals surface area contributed by atoms with Crippen LogP contribution in [0.3, 0.4) is 0 Å². The van der Waals surface area contributed by atoms with E-state index in [1.807, 2.05) is 6.07 Å². The largest absolute Gasteiger partial charge is 0.506 e. The van der Waals surface area contributed by atoms with Crippen LogP contribution in [0.25, 0.3) is 10.1 Å². The van der Waals surface area contributed by atoms with E-state index in [0.29, 0.717) is 11.1 Å². The maximum atomic E-state index is 10.6. The quantitative estimate of drug-likeness (QED) is 0.631. The highest BCUT2D eigenvalue weighted by molar-refractivity contribution is 7.18. The summed E-state index contributed by atoms with van der Waals surface area (Å²) in [5.41, 5.74) is 1.31. The molecule has 0 bridgehead atoms. The molecule has 0 saturated heterocycles. The number of carbonyl (C=O) groups excluding carboxylic acids is 1. The van der Waals surface area contributed by atoms with Crippen LogP contribution in [0.4, 0.5) is 0 Å². The van der Waals surface area contributed by atoms with E-state index in [2.05, 4.69) is 0 Å². The van der Waals surface area contributed by atoms with E-state index in [-0.39, 0.29) is 11.6 Å². The molecule has 0 amide bonds. The summed E-state index contributed by atoms with van der Waals surface area (Å²) in [5, 5.41) is 12.3. The van der Waals surface area contributed by atoms with Gasteiger partial charge >= 0.3 is 0 Å². The number of phenolic OH excluding ortho intramolecular Hbond substituents is 1. The molecule has 0 spiro atoms. The van der Waals surface area contributed by atoms with Crippen molar-refractivity contribution in [2.24, 2.45) is 0 Å². The summed E-state index contributed by atoms with van der Waals surface area (Å²) in [6.45, 7) is 0. The number of carbonyl (C=O) groups is 1. The highest BCUT2D eigenvalue weighted by Gasteiger charge is 2.10. The van der Waals surface area contributed by atoms with Crippen molar-refractivity contribution < 1.29 is 9.90 Å². The zero-order valence-electron chi connectivity index (χ0n) is 7.16. The van der Waals surface area contributed by atoms with Crippen LogP contribution < -0.4 is 0 Å². The highest BCUT2D eigenvalue weighted by Crippen LogP contribution is 2.35. The molecule has 0 unspecified atom stereocenters. The number of hydrogen-bond acceptors (Lipinski definition) is 3. The zero-order chi connectivity index (χ0) is 10.1. The van der Waals surface area contributed by atoms with Crippen LogP contribution in [0.5, 0.6) is 5.75 Å². The molecule has 0 atom stereocenters. The van der Waals surface area contributed by atoms with E-state index in [1.54, 1.807) is 11.4 Å². The van der Waals surface area contributed by atoms with Gasteiger partial charge in [-0.1, -0.05) is 12.1 Å². The van der Waals surface area contributed by atoms with Crippen molar-refractivity contribution in [1.82, 2.24) is 0 Å². The second kappa shape index (κ2) is 3.59. The molecule has 1 N–H and O–H groups in total. The monoisotopic (exact) mass is 226 g/mol. The Balaban J connectivity index is 2.78. The predicted molar refractivity (Wildman–Crippen MR) is 58.4 cm³/mol. The fourth-order valence-electron chi connectivity index (χ4n) is 1.34. The summed E-state index contributed by atoms with van der Waals surface area (Å²) >= 11 is 7.00. The van der Waals surface area contributed by atoms with Crippen molar-refractivity contribution >= 4 is 39.3 Å². The van der Waals surface area contributed by atoms with Crippen molar-refractivity contribution in [2.75, 3.05) is 0 Å². The molecule has 4 heteroatoms. The van der Waals surface area contributed by atoms with Gasteiger partial charge in [0, 0.05) is 21.9 Å². The van der Waals surface area contributed by atoms with Gasteiger partial charge in [0.25, 0.3) is 0 Å². The van der Waals surface area contributed by atoms with E-state index < -0.39 is 0 Å². The first kappa shape index (κ1) is 9.49. The average Bonchev–Trinajstić information content (AvgIpc) is 2.62. The molecule has 1 heterocycles. The molecule has 72 valence electrons. The van der Waals surface area contributed by atoms with Crippen LogP contribution in [0.15, 0.2) is 17.5 Å². The molecule has 0 radical (unpaired) electrons. The standard InChI is InChI=1S/C10H7ClO2S/c11-3-6-1-2-8-7(4-12)5-14-10(8)9(6)13/h1-2,4-5,13H,3H2. The van der Waals surface area contributed by atoms with Gasteiger partial charge in [0.15, 0.2) is 6.29 Å². The van der Waals surface area contributed by atoms with E-state index in [0.717, 1.165) is 16.4 Å². The Morgan fingerprint density at radius 3 is 2.93 bits per heavy atom. The van der Waals surface area contributed by atoms with Crippen molar-refractivity contribution in [3.05, 3.63) is 28.6 Å². The number of halogens is 1. The lowest BCUT2D eigenvalue weighted by Crippen LogP contribution is -1.80. The fraction of sp³-hybridized carbons (Fsp3) is 0.100. The minimum atomic E-state index is 0.190. The molecular formula is C10H7ClO2S. The number of benzene rings is 1. The zero-order valence-corrected chi connectivity index (χ0v) is 8.73. The second-order valence-electron chi connectivity index (χ2n) is 2.89. The summed E-state index contributed by atoms with van der Waals surface area (Å²) in [5.74, 6) is 0.464. The Bertz CT molecular complexity index is 490. The molecule has 0 aliphatic rings. The van der Waals surface area contributed by atoms with E-state index in [9.17, 15) is 9.90 Å². The van der Waals surface area contributed by atoms with Gasteiger partial charge in [-0.2, -0.15) is 0 Å². The first-order valence-corrected chi connectivity index (χ1v) is 5.42. The van der Waals surface area contributed by atoms with Crippen LogP contribution >= 0.6 is 22.9 Å². The number of thiophene rings is 1. The molecule has 0 aliphatic heterocycles. The number of hydrogen-bond donors (Lipinski definition) is 1. The smallest absolute Gasteiger partial charge is 0.151 e. The molecule has 2 nitrogen and oxygen atoms in total. The Kier molecular flexibility index (Phi) is 2.44. The number of fused-ring (bicyclic) bond motifs is 1. The molecule has 0 saturated carbocycles. The Labute approximate surface area is 89.7 Å². The van der Waals surface area contributed by atoms with Gasteiger partial charge in [-0.15, -0.1) is 22.9 Å². The molecule has 1 aromatic heterocycles. The van der Waals surface area contributed by atoms with Gasteiger partial charge in [-0.25, -0.2) is 0 Å². The van der Waals surface area contributed by atoms with E-state index in [4.69, 9.17) is 11.6 Å². The molecule has 2 aromatic rings. The molecule has 14 heavy (non-hydrogen) atoms. The second-order valence-corrected chi connectivity index (χ2v) is 4.04. The number of alkyl halides is 1. The van der Waals surface area contributed by atoms with Crippen molar-refractivity contribution in [3.8, 4) is 5.75 Å². The molecule has 0 fully saturated rings. The summed E-state index contributed by atoms with van der Waals surface area (Å²) < 4.78 is 0.727. The van der Waals surface area contributed by atoms with Crippen LogP contribution in [-0.2, 0) is 5.88 Å². The third-order valence-corrected chi connectivity index (χ3v) is 3.41. The summed E-state index contributed by atoms with van der Waals surface area (Å²) in [6, 6.07) is 3.55. The van der Waals surface area contributed by atoms with Crippen molar-refractivity contribution in [3.63, 3.8) is 0 Å². The summed E-state index contributed by atoms with van der Waals surface area (Å²) in [4.78, 5) is 10.6. The van der Waals surface area contributed by atoms with Crippen molar-refractivity contribution in [2.45, 2.75) is 5.88 Å². The fourth-order valence-corrected chi connectivity index (χ4v) is 2.54. The number of phenols is 1. The topological polar surface area (TPSA) is 37.3 Å². The predicted octanol–water partition coefficient (Wildman–Crippen LogP) is 3.16. The van der Waals surface area contributed by atoms with Crippen LogP contribution in [0.1, 0.15) is 15.9 Å². The molecule has 2 rings (SSSR count). The van der Waals surface area contributed by atoms with Crippen molar-refractivity contribution in [1.29, 1.82) is 0 Å². The molecule has 1 aromatic carbocycles. The lowest BCUT2D eigenvalue weighted by molar-refractivity contribution is 0.112. The summed E-state index contributed by atoms with van der Waals surface area (Å²) in [6.07, 6.45) is 0.790.